The van der Waals surface area contributed by atoms with Crippen molar-refractivity contribution in [3.63, 3.8) is 0 Å². The van der Waals surface area contributed by atoms with Crippen molar-refractivity contribution in [1.29, 1.82) is 0 Å². The Morgan fingerprint density at radius 1 is 0.673 bits per heavy atom. The third-order valence-corrected chi connectivity index (χ3v) is 8.47. The second-order valence-corrected chi connectivity index (χ2v) is 13.5. The Kier molecular flexibility index (Phi) is 9.87. The fourth-order valence-corrected chi connectivity index (χ4v) is 6.23. The van der Waals surface area contributed by atoms with Gasteiger partial charge in [0.05, 0.1) is 5.58 Å². The Labute approximate surface area is 301 Å². The number of nitrogens with zero attached hydrogens (tertiary/aromatic N) is 3. The Hall–Kier alpha value is -4.96. The molecule has 4 nitrogen and oxygen atoms in total. The quantitative estimate of drug-likeness (QED) is 0.166. The molecule has 8 aromatic rings. The maximum Gasteiger partial charge on any atom is 0.128 e. The molecule has 0 aliphatic rings. The summed E-state index contributed by atoms with van der Waals surface area (Å²) in [6, 6.07) is 39.7. The fourth-order valence-electron chi connectivity index (χ4n) is 6.23. The van der Waals surface area contributed by atoms with Gasteiger partial charge in [-0.3, -0.25) is 4.98 Å². The largest absolute Gasteiger partial charge is 0.500 e. The van der Waals surface area contributed by atoms with Gasteiger partial charge >= 0.3 is 0 Å². The average molecular weight is 816 g/mol. The van der Waals surface area contributed by atoms with E-state index in [2.05, 4.69) is 122 Å². The minimum absolute atomic E-state index is 0. The standard InChI is InChI=1S/C27H17N2O.C17H20N.Ir/c1-17-11-12-21(24-10-2-3-14-29-24)27-25(17)22-9-5-8-20(26(22)30-27)19-7-4-6-18-13-15-28-16-23(18)19;1-13-5-8-15(9-6-13)16-10-7-14(12-18-16)11-17(2,3)4;/h2-11,13-16H,1H3;5-8,10,12H,11H2,1-4H3;/q2*-1;. The number of para-hydroxylation sites is 1. The topological polar surface area (TPSA) is 51.8 Å². The van der Waals surface area contributed by atoms with Crippen molar-refractivity contribution in [3.8, 4) is 33.6 Å². The zero-order valence-corrected chi connectivity index (χ0v) is 30.7. The van der Waals surface area contributed by atoms with Crippen molar-refractivity contribution in [2.45, 2.75) is 41.0 Å². The van der Waals surface area contributed by atoms with Crippen molar-refractivity contribution < 1.29 is 24.5 Å². The SMILES string of the molecule is Cc1c[c-]c(-c2ccc(CC(C)(C)C)cn2)cc1.Cc1c[c-]c(-c2ccccn2)c2oc3c(-c4cccc5ccncc45)cccc3c12.[Ir]. The van der Waals surface area contributed by atoms with Crippen LogP contribution in [0.1, 0.15) is 37.5 Å². The van der Waals surface area contributed by atoms with Crippen molar-refractivity contribution in [2.24, 2.45) is 5.41 Å². The van der Waals surface area contributed by atoms with E-state index in [-0.39, 0.29) is 20.1 Å². The van der Waals surface area contributed by atoms with Gasteiger partial charge in [0.15, 0.2) is 0 Å². The molecule has 0 spiro atoms. The van der Waals surface area contributed by atoms with Gasteiger partial charge in [-0.1, -0.05) is 106 Å². The monoisotopic (exact) mass is 816 g/mol. The van der Waals surface area contributed by atoms with Crippen molar-refractivity contribution >= 4 is 32.7 Å². The number of aryl methyl sites for hydroxylation is 2. The predicted octanol–water partition coefficient (Wildman–Crippen LogP) is 11.4. The van der Waals surface area contributed by atoms with E-state index in [9.17, 15) is 0 Å². The predicted molar refractivity (Wildman–Crippen MR) is 198 cm³/mol. The molecular formula is C44H37IrN3O-2. The molecule has 5 heteroatoms. The van der Waals surface area contributed by atoms with Crippen LogP contribution in [0.2, 0.25) is 0 Å². The third kappa shape index (κ3) is 7.24. The number of fused-ring (bicyclic) bond motifs is 4. The van der Waals surface area contributed by atoms with Crippen LogP contribution in [-0.2, 0) is 26.5 Å². The molecule has 1 radical (unpaired) electrons. The molecule has 4 heterocycles. The van der Waals surface area contributed by atoms with Gasteiger partial charge in [-0.05, 0) is 51.9 Å². The van der Waals surface area contributed by atoms with Gasteiger partial charge in [-0.15, -0.1) is 53.1 Å². The first-order valence-corrected chi connectivity index (χ1v) is 16.3. The Bertz CT molecular complexity index is 2350. The number of pyridine rings is 3. The molecule has 4 aromatic carbocycles. The summed E-state index contributed by atoms with van der Waals surface area (Å²) in [7, 11) is 0. The van der Waals surface area contributed by atoms with Gasteiger partial charge in [-0.2, -0.15) is 0 Å². The zero-order valence-electron chi connectivity index (χ0n) is 28.3. The summed E-state index contributed by atoms with van der Waals surface area (Å²) in [6.45, 7) is 10.9. The summed E-state index contributed by atoms with van der Waals surface area (Å²) in [4.78, 5) is 13.4. The van der Waals surface area contributed by atoms with Crippen LogP contribution < -0.4 is 0 Å². The van der Waals surface area contributed by atoms with Crippen LogP contribution >= 0.6 is 0 Å². The van der Waals surface area contributed by atoms with Gasteiger partial charge in [0, 0.05) is 61.2 Å². The Morgan fingerprint density at radius 3 is 2.24 bits per heavy atom. The summed E-state index contributed by atoms with van der Waals surface area (Å²) in [5.41, 5.74) is 11.6. The first-order chi connectivity index (χ1) is 23.2. The van der Waals surface area contributed by atoms with E-state index in [4.69, 9.17) is 4.42 Å². The van der Waals surface area contributed by atoms with Gasteiger partial charge < -0.3 is 14.4 Å². The molecule has 0 N–H and O–H groups in total. The molecule has 0 bridgehead atoms. The Morgan fingerprint density at radius 2 is 1.51 bits per heavy atom. The van der Waals surface area contributed by atoms with Gasteiger partial charge in [0.1, 0.15) is 5.58 Å². The van der Waals surface area contributed by atoms with Crippen LogP contribution in [0.4, 0.5) is 0 Å². The van der Waals surface area contributed by atoms with Crippen LogP contribution in [0.3, 0.4) is 0 Å². The summed E-state index contributed by atoms with van der Waals surface area (Å²) >= 11 is 0. The second kappa shape index (κ2) is 14.3. The van der Waals surface area contributed by atoms with Gasteiger partial charge in [-0.25, -0.2) is 0 Å². The smallest absolute Gasteiger partial charge is 0.128 e. The van der Waals surface area contributed by atoms with Crippen LogP contribution in [0.25, 0.3) is 66.4 Å². The molecule has 0 aliphatic carbocycles. The number of aromatic nitrogens is 3. The molecule has 0 aliphatic heterocycles. The summed E-state index contributed by atoms with van der Waals surface area (Å²) < 4.78 is 6.56. The minimum Gasteiger partial charge on any atom is -0.500 e. The number of rotatable bonds is 4. The third-order valence-electron chi connectivity index (χ3n) is 8.47. The van der Waals surface area contributed by atoms with Crippen LogP contribution in [-0.4, -0.2) is 15.0 Å². The maximum absolute atomic E-state index is 6.56. The van der Waals surface area contributed by atoms with Crippen molar-refractivity contribution in [1.82, 2.24) is 15.0 Å². The van der Waals surface area contributed by atoms with Crippen LogP contribution in [0, 0.1) is 31.4 Å². The number of benzene rings is 4. The first kappa shape index (κ1) is 33.9. The number of hydrogen-bond acceptors (Lipinski definition) is 4. The van der Waals surface area contributed by atoms with E-state index in [0.29, 0.717) is 5.41 Å². The molecular weight excluding hydrogens is 779 g/mol. The second-order valence-electron chi connectivity index (χ2n) is 13.5. The Balaban J connectivity index is 0.000000189. The maximum atomic E-state index is 6.56. The van der Waals surface area contributed by atoms with E-state index >= 15 is 0 Å². The minimum atomic E-state index is 0. The van der Waals surface area contributed by atoms with E-state index < -0.39 is 0 Å². The number of furan rings is 1. The fraction of sp³-hybridized carbons (Fsp3) is 0.159. The molecule has 0 amide bonds. The molecule has 49 heavy (non-hydrogen) atoms. The molecule has 0 saturated carbocycles. The van der Waals surface area contributed by atoms with E-state index in [1.54, 1.807) is 6.20 Å². The van der Waals surface area contributed by atoms with E-state index in [1.807, 2.05) is 55.0 Å². The van der Waals surface area contributed by atoms with Gasteiger partial charge in [0.2, 0.25) is 0 Å². The van der Waals surface area contributed by atoms with Crippen molar-refractivity contribution in [3.05, 3.63) is 151 Å². The van der Waals surface area contributed by atoms with Crippen LogP contribution in [0.15, 0.2) is 126 Å². The zero-order chi connectivity index (χ0) is 33.3. The molecule has 245 valence electrons. The number of hydrogen-bond donors (Lipinski definition) is 0. The molecule has 0 saturated heterocycles. The normalized spacial score (nSPS) is 11.3. The van der Waals surface area contributed by atoms with Crippen LogP contribution in [0.5, 0.6) is 0 Å². The summed E-state index contributed by atoms with van der Waals surface area (Å²) in [5, 5.41) is 4.49. The molecule has 4 aromatic heterocycles. The average Bonchev–Trinajstić information content (AvgIpc) is 3.50. The summed E-state index contributed by atoms with van der Waals surface area (Å²) in [5.74, 6) is 0. The molecule has 0 atom stereocenters. The van der Waals surface area contributed by atoms with E-state index in [0.717, 1.165) is 78.3 Å². The molecule has 0 unspecified atom stereocenters. The molecule has 8 rings (SSSR count). The summed E-state index contributed by atoms with van der Waals surface area (Å²) in [6.07, 6.45) is 8.58. The molecule has 0 fully saturated rings. The van der Waals surface area contributed by atoms with Gasteiger partial charge in [0.25, 0.3) is 0 Å². The van der Waals surface area contributed by atoms with E-state index in [1.165, 1.54) is 11.1 Å². The first-order valence-electron chi connectivity index (χ1n) is 16.3. The van der Waals surface area contributed by atoms with Crippen molar-refractivity contribution in [2.75, 3.05) is 0 Å².